The van der Waals surface area contributed by atoms with Gasteiger partial charge in [0.25, 0.3) is 0 Å². The SMILES string of the molecule is COc1cc(-c2ccc([C@H]3N[C@H](C(=O)O)CS3)o2)cc([N+](=O)[O-])c1OC. The van der Waals surface area contributed by atoms with Crippen LogP contribution in [0, 0.1) is 10.1 Å². The highest BCUT2D eigenvalue weighted by atomic mass is 32.2. The van der Waals surface area contributed by atoms with Crippen molar-refractivity contribution in [2.24, 2.45) is 0 Å². The van der Waals surface area contributed by atoms with Crippen LogP contribution in [-0.4, -0.2) is 42.0 Å². The molecule has 0 aliphatic carbocycles. The molecular weight excluding hydrogens is 364 g/mol. The van der Waals surface area contributed by atoms with Gasteiger partial charge in [-0.1, -0.05) is 0 Å². The number of aliphatic carboxylic acids is 1. The molecule has 0 amide bonds. The summed E-state index contributed by atoms with van der Waals surface area (Å²) in [5.41, 5.74) is 0.220. The summed E-state index contributed by atoms with van der Waals surface area (Å²) in [6.07, 6.45) is 0. The first-order chi connectivity index (χ1) is 12.4. The van der Waals surface area contributed by atoms with E-state index in [4.69, 9.17) is 19.0 Å². The molecular formula is C16H16N2O7S. The van der Waals surface area contributed by atoms with Gasteiger partial charge in [-0.25, -0.2) is 0 Å². The second-order valence-electron chi connectivity index (χ2n) is 5.46. The normalized spacial score (nSPS) is 19.3. The van der Waals surface area contributed by atoms with Gasteiger partial charge >= 0.3 is 11.7 Å². The number of carboxylic acids is 1. The van der Waals surface area contributed by atoms with E-state index in [9.17, 15) is 14.9 Å². The summed E-state index contributed by atoms with van der Waals surface area (Å²) >= 11 is 1.42. The lowest BCUT2D eigenvalue weighted by Gasteiger charge is -2.10. The van der Waals surface area contributed by atoms with E-state index in [2.05, 4.69) is 5.32 Å². The summed E-state index contributed by atoms with van der Waals surface area (Å²) in [6, 6.07) is 5.69. The fourth-order valence-electron chi connectivity index (χ4n) is 2.65. The van der Waals surface area contributed by atoms with Crippen molar-refractivity contribution in [2.75, 3.05) is 20.0 Å². The van der Waals surface area contributed by atoms with Gasteiger partial charge < -0.3 is 19.0 Å². The number of hydrogen-bond donors (Lipinski definition) is 2. The molecule has 0 spiro atoms. The molecule has 1 saturated heterocycles. The van der Waals surface area contributed by atoms with Crippen LogP contribution in [0.1, 0.15) is 11.1 Å². The van der Waals surface area contributed by atoms with Crippen molar-refractivity contribution in [1.29, 1.82) is 0 Å². The number of methoxy groups -OCH3 is 2. The molecule has 0 radical (unpaired) electrons. The smallest absolute Gasteiger partial charge is 0.321 e. The molecule has 1 aliphatic heterocycles. The maximum Gasteiger partial charge on any atom is 0.321 e. The largest absolute Gasteiger partial charge is 0.493 e. The van der Waals surface area contributed by atoms with Gasteiger partial charge in [0.05, 0.1) is 19.1 Å². The van der Waals surface area contributed by atoms with Gasteiger partial charge in [-0.3, -0.25) is 20.2 Å². The van der Waals surface area contributed by atoms with Crippen molar-refractivity contribution in [3.63, 3.8) is 0 Å². The summed E-state index contributed by atoms with van der Waals surface area (Å²) in [5, 5.41) is 23.0. The molecule has 26 heavy (non-hydrogen) atoms. The van der Waals surface area contributed by atoms with Crippen LogP contribution in [0.4, 0.5) is 5.69 Å². The minimum Gasteiger partial charge on any atom is -0.493 e. The number of hydrogen-bond acceptors (Lipinski definition) is 8. The third-order valence-corrected chi connectivity index (χ3v) is 5.13. The molecule has 0 saturated carbocycles. The fourth-order valence-corrected chi connectivity index (χ4v) is 3.82. The van der Waals surface area contributed by atoms with Crippen molar-refractivity contribution in [2.45, 2.75) is 11.4 Å². The number of nitro groups is 1. The molecule has 138 valence electrons. The number of benzene rings is 1. The monoisotopic (exact) mass is 380 g/mol. The van der Waals surface area contributed by atoms with E-state index in [-0.39, 0.29) is 22.6 Å². The van der Waals surface area contributed by atoms with Crippen LogP contribution < -0.4 is 14.8 Å². The van der Waals surface area contributed by atoms with Crippen molar-refractivity contribution in [1.82, 2.24) is 5.32 Å². The van der Waals surface area contributed by atoms with Crippen LogP contribution in [0.2, 0.25) is 0 Å². The standard InChI is InChI=1S/C16H16N2O7S/c1-23-13-6-8(5-10(18(21)22)14(13)24-2)11-3-4-12(25-11)15-17-9(7-26-15)16(19)20/h3-6,9,15,17H,7H2,1-2H3,(H,19,20)/t9-,15-/m0/s1. The average molecular weight is 380 g/mol. The van der Waals surface area contributed by atoms with Crippen LogP contribution in [0.15, 0.2) is 28.7 Å². The second-order valence-corrected chi connectivity index (χ2v) is 6.60. The molecule has 2 atom stereocenters. The summed E-state index contributed by atoms with van der Waals surface area (Å²) in [7, 11) is 2.72. The lowest BCUT2D eigenvalue weighted by atomic mass is 10.1. The molecule has 1 aliphatic rings. The van der Waals surface area contributed by atoms with Crippen molar-refractivity contribution in [3.8, 4) is 22.8 Å². The quantitative estimate of drug-likeness (QED) is 0.575. The van der Waals surface area contributed by atoms with Crippen molar-refractivity contribution >= 4 is 23.4 Å². The summed E-state index contributed by atoms with van der Waals surface area (Å²) < 4.78 is 16.1. The maximum absolute atomic E-state index is 11.3. The Hall–Kier alpha value is -2.72. The number of carboxylic acid groups (broad SMARTS) is 1. The zero-order chi connectivity index (χ0) is 18.8. The number of nitrogens with one attached hydrogen (secondary N) is 1. The predicted molar refractivity (Wildman–Crippen MR) is 93.7 cm³/mol. The highest BCUT2D eigenvalue weighted by Crippen LogP contribution is 2.42. The van der Waals surface area contributed by atoms with Crippen LogP contribution >= 0.6 is 11.8 Å². The molecule has 9 nitrogen and oxygen atoms in total. The Morgan fingerprint density at radius 3 is 2.73 bits per heavy atom. The molecule has 1 fully saturated rings. The van der Waals surface area contributed by atoms with Crippen molar-refractivity contribution in [3.05, 3.63) is 40.1 Å². The van der Waals surface area contributed by atoms with E-state index in [1.54, 1.807) is 18.2 Å². The molecule has 2 heterocycles. The number of carbonyl (C=O) groups is 1. The molecule has 2 aromatic rings. The van der Waals surface area contributed by atoms with Crippen LogP contribution in [-0.2, 0) is 4.79 Å². The number of ether oxygens (including phenoxy) is 2. The third kappa shape index (κ3) is 3.33. The molecule has 3 rings (SSSR count). The predicted octanol–water partition coefficient (Wildman–Crippen LogP) is 2.66. The minimum absolute atomic E-state index is 0.0327. The first kappa shape index (κ1) is 18.1. The van der Waals surface area contributed by atoms with E-state index in [1.165, 1.54) is 32.0 Å². The van der Waals surface area contributed by atoms with Crippen LogP contribution in [0.25, 0.3) is 11.3 Å². The topological polar surface area (TPSA) is 124 Å². The van der Waals surface area contributed by atoms with E-state index >= 15 is 0 Å². The Morgan fingerprint density at radius 1 is 1.38 bits per heavy atom. The summed E-state index contributed by atoms with van der Waals surface area (Å²) in [5.74, 6) is 0.718. The number of thioether (sulfide) groups is 1. The zero-order valence-electron chi connectivity index (χ0n) is 13.9. The van der Waals surface area contributed by atoms with Crippen molar-refractivity contribution < 1.29 is 28.7 Å². The maximum atomic E-state index is 11.3. The Bertz CT molecular complexity index is 851. The van der Waals surface area contributed by atoms with Crippen LogP contribution in [0.3, 0.4) is 0 Å². The summed E-state index contributed by atoms with van der Waals surface area (Å²) in [4.78, 5) is 21.8. The lowest BCUT2D eigenvalue weighted by Crippen LogP contribution is -2.33. The van der Waals surface area contributed by atoms with E-state index in [0.29, 0.717) is 22.8 Å². The van der Waals surface area contributed by atoms with Gasteiger partial charge in [-0.15, -0.1) is 11.8 Å². The Balaban J connectivity index is 1.93. The van der Waals surface area contributed by atoms with Gasteiger partial charge in [0.1, 0.15) is 22.9 Å². The fraction of sp³-hybridized carbons (Fsp3) is 0.312. The molecule has 0 bridgehead atoms. The summed E-state index contributed by atoms with van der Waals surface area (Å²) in [6.45, 7) is 0. The number of furan rings is 1. The molecule has 0 unspecified atom stereocenters. The van der Waals surface area contributed by atoms with Gasteiger partial charge in [0.15, 0.2) is 5.75 Å². The Labute approximate surface area is 152 Å². The zero-order valence-corrected chi connectivity index (χ0v) is 14.7. The first-order valence-electron chi connectivity index (χ1n) is 7.55. The molecule has 1 aromatic carbocycles. The average Bonchev–Trinajstić information content (AvgIpc) is 3.29. The molecule has 1 aromatic heterocycles. The Morgan fingerprint density at radius 2 is 2.15 bits per heavy atom. The highest BCUT2D eigenvalue weighted by Gasteiger charge is 2.32. The van der Waals surface area contributed by atoms with E-state index in [1.807, 2.05) is 0 Å². The Kier molecular flexibility index (Phi) is 5.05. The second kappa shape index (κ2) is 7.26. The van der Waals surface area contributed by atoms with Gasteiger partial charge in [0.2, 0.25) is 5.75 Å². The number of nitro benzene ring substituents is 1. The molecule has 2 N–H and O–H groups in total. The highest BCUT2D eigenvalue weighted by molar-refractivity contribution is 7.99. The van der Waals surface area contributed by atoms with E-state index < -0.39 is 16.9 Å². The van der Waals surface area contributed by atoms with Gasteiger partial charge in [-0.2, -0.15) is 0 Å². The van der Waals surface area contributed by atoms with Crippen LogP contribution in [0.5, 0.6) is 11.5 Å². The van der Waals surface area contributed by atoms with E-state index in [0.717, 1.165) is 0 Å². The molecule has 10 heteroatoms. The number of rotatable bonds is 6. The number of nitrogens with zero attached hydrogens (tertiary/aromatic N) is 1. The lowest BCUT2D eigenvalue weighted by molar-refractivity contribution is -0.385. The van der Waals surface area contributed by atoms with Gasteiger partial charge in [0, 0.05) is 17.4 Å². The minimum atomic E-state index is -0.915. The third-order valence-electron chi connectivity index (χ3n) is 3.91. The van der Waals surface area contributed by atoms with Gasteiger partial charge in [-0.05, 0) is 18.2 Å². The first-order valence-corrected chi connectivity index (χ1v) is 8.60.